The van der Waals surface area contributed by atoms with Crippen molar-refractivity contribution in [2.45, 2.75) is 26.7 Å². The minimum atomic E-state index is 0.716. The van der Waals surface area contributed by atoms with Gasteiger partial charge in [-0.2, -0.15) is 5.10 Å². The molecular weight excluding hydrogens is 212 g/mol. The predicted molar refractivity (Wildman–Crippen MR) is 68.2 cm³/mol. The summed E-state index contributed by atoms with van der Waals surface area (Å²) in [4.78, 5) is 4.34. The summed E-state index contributed by atoms with van der Waals surface area (Å²) in [5.41, 5.74) is 9.11. The number of nitrogens with two attached hydrogens (primary N) is 1. The Hall–Kier alpha value is -1.68. The lowest BCUT2D eigenvalue weighted by Gasteiger charge is -2.05. The van der Waals surface area contributed by atoms with E-state index < -0.39 is 0 Å². The molecule has 4 nitrogen and oxygen atoms in total. The van der Waals surface area contributed by atoms with Gasteiger partial charge in [0.25, 0.3) is 0 Å². The first-order chi connectivity index (χ1) is 8.22. The number of nitrogens with zero attached hydrogens (tertiary/aromatic N) is 3. The molecule has 0 fully saturated rings. The van der Waals surface area contributed by atoms with Gasteiger partial charge in [0.2, 0.25) is 0 Å². The fraction of sp³-hybridized carbons (Fsp3) is 0.385. The number of rotatable bonds is 4. The Morgan fingerprint density at radius 2 is 2.18 bits per heavy atom. The van der Waals surface area contributed by atoms with Crippen LogP contribution in [0.1, 0.15) is 23.2 Å². The quantitative estimate of drug-likeness (QED) is 0.871. The maximum atomic E-state index is 5.52. The zero-order chi connectivity index (χ0) is 12.3. The molecule has 0 bridgehead atoms. The topological polar surface area (TPSA) is 56.7 Å². The van der Waals surface area contributed by atoms with E-state index in [1.54, 1.807) is 0 Å². The summed E-state index contributed by atoms with van der Waals surface area (Å²) in [6, 6.07) is 4.02. The standard InChI is InChI=1S/C13H18N4/c1-10-5-7-15-13(8-10)17-11(2)12(9-16-17)4-3-6-14/h5,7-9H,3-4,6,14H2,1-2H3. The van der Waals surface area contributed by atoms with Crippen LogP contribution in [0.3, 0.4) is 0 Å². The molecule has 0 aliphatic rings. The van der Waals surface area contributed by atoms with Gasteiger partial charge in [0, 0.05) is 11.9 Å². The fourth-order valence-corrected chi connectivity index (χ4v) is 1.85. The summed E-state index contributed by atoms with van der Waals surface area (Å²) in [5, 5.41) is 4.39. The van der Waals surface area contributed by atoms with Crippen LogP contribution in [0.4, 0.5) is 0 Å². The first-order valence-corrected chi connectivity index (χ1v) is 5.89. The van der Waals surface area contributed by atoms with Gasteiger partial charge in [-0.05, 0) is 56.5 Å². The number of aryl methyl sites for hydroxylation is 2. The van der Waals surface area contributed by atoms with Crippen LogP contribution in [-0.4, -0.2) is 21.3 Å². The van der Waals surface area contributed by atoms with Gasteiger partial charge in [0.15, 0.2) is 5.82 Å². The predicted octanol–water partition coefficient (Wildman–Crippen LogP) is 1.78. The fourth-order valence-electron chi connectivity index (χ4n) is 1.85. The highest BCUT2D eigenvalue weighted by Gasteiger charge is 2.08. The molecule has 2 aromatic heterocycles. The van der Waals surface area contributed by atoms with Gasteiger partial charge in [-0.25, -0.2) is 9.67 Å². The largest absolute Gasteiger partial charge is 0.330 e. The maximum absolute atomic E-state index is 5.52. The van der Waals surface area contributed by atoms with Crippen LogP contribution in [0.25, 0.3) is 5.82 Å². The molecule has 0 aliphatic heterocycles. The Morgan fingerprint density at radius 1 is 1.35 bits per heavy atom. The van der Waals surface area contributed by atoms with Gasteiger partial charge in [-0.1, -0.05) is 0 Å². The summed E-state index contributed by atoms with van der Waals surface area (Å²) < 4.78 is 1.89. The minimum absolute atomic E-state index is 0.716. The molecule has 0 amide bonds. The number of hydrogen-bond donors (Lipinski definition) is 1. The molecule has 0 aromatic carbocycles. The summed E-state index contributed by atoms with van der Waals surface area (Å²) in [5.74, 6) is 0.876. The molecule has 4 heteroatoms. The van der Waals surface area contributed by atoms with Gasteiger partial charge < -0.3 is 5.73 Å². The Labute approximate surface area is 101 Å². The van der Waals surface area contributed by atoms with E-state index in [1.807, 2.05) is 29.2 Å². The van der Waals surface area contributed by atoms with Crippen LogP contribution < -0.4 is 5.73 Å². The maximum Gasteiger partial charge on any atom is 0.153 e. The van der Waals surface area contributed by atoms with E-state index >= 15 is 0 Å². The van der Waals surface area contributed by atoms with E-state index in [4.69, 9.17) is 5.73 Å². The highest BCUT2D eigenvalue weighted by molar-refractivity contribution is 5.31. The van der Waals surface area contributed by atoms with Gasteiger partial charge in [-0.3, -0.25) is 0 Å². The molecule has 0 saturated heterocycles. The number of pyridine rings is 1. The molecule has 0 spiro atoms. The molecule has 2 N–H and O–H groups in total. The molecule has 0 saturated carbocycles. The second-order valence-electron chi connectivity index (χ2n) is 4.25. The summed E-state index contributed by atoms with van der Waals surface area (Å²) in [6.45, 7) is 4.84. The van der Waals surface area contributed by atoms with Crippen LogP contribution >= 0.6 is 0 Å². The van der Waals surface area contributed by atoms with Crippen LogP contribution in [0, 0.1) is 13.8 Å². The van der Waals surface area contributed by atoms with Crippen LogP contribution in [0.5, 0.6) is 0 Å². The van der Waals surface area contributed by atoms with Crippen molar-refractivity contribution in [2.24, 2.45) is 5.73 Å². The van der Waals surface area contributed by atoms with E-state index in [0.717, 1.165) is 24.4 Å². The van der Waals surface area contributed by atoms with Crippen molar-refractivity contribution in [3.8, 4) is 5.82 Å². The third kappa shape index (κ3) is 2.53. The van der Waals surface area contributed by atoms with Crippen LogP contribution in [0.2, 0.25) is 0 Å². The second kappa shape index (κ2) is 5.10. The van der Waals surface area contributed by atoms with Crippen molar-refractivity contribution < 1.29 is 0 Å². The Balaban J connectivity index is 2.30. The van der Waals surface area contributed by atoms with E-state index in [-0.39, 0.29) is 0 Å². The molecule has 17 heavy (non-hydrogen) atoms. The normalized spacial score (nSPS) is 10.8. The smallest absolute Gasteiger partial charge is 0.153 e. The highest BCUT2D eigenvalue weighted by Crippen LogP contribution is 2.14. The molecule has 90 valence electrons. The van der Waals surface area contributed by atoms with Gasteiger partial charge in [0.1, 0.15) is 0 Å². The van der Waals surface area contributed by atoms with Crippen LogP contribution in [-0.2, 0) is 6.42 Å². The Bertz CT molecular complexity index is 502. The minimum Gasteiger partial charge on any atom is -0.330 e. The molecule has 2 rings (SSSR count). The molecular formula is C13H18N4. The average Bonchev–Trinajstić information content (AvgIpc) is 2.68. The molecule has 0 aliphatic carbocycles. The lowest BCUT2D eigenvalue weighted by molar-refractivity contribution is 0.800. The summed E-state index contributed by atoms with van der Waals surface area (Å²) in [6.07, 6.45) is 5.70. The monoisotopic (exact) mass is 230 g/mol. The second-order valence-corrected chi connectivity index (χ2v) is 4.25. The Morgan fingerprint density at radius 3 is 2.88 bits per heavy atom. The lowest BCUT2D eigenvalue weighted by atomic mass is 10.1. The number of hydrogen-bond acceptors (Lipinski definition) is 3. The molecule has 2 heterocycles. The Kier molecular flexibility index (Phi) is 3.54. The number of aromatic nitrogens is 3. The summed E-state index contributed by atoms with van der Waals surface area (Å²) in [7, 11) is 0. The zero-order valence-corrected chi connectivity index (χ0v) is 10.3. The molecule has 2 aromatic rings. The van der Waals surface area contributed by atoms with Crippen molar-refractivity contribution in [3.63, 3.8) is 0 Å². The van der Waals surface area contributed by atoms with Crippen molar-refractivity contribution in [1.82, 2.24) is 14.8 Å². The molecule has 0 unspecified atom stereocenters. The summed E-state index contributed by atoms with van der Waals surface area (Å²) >= 11 is 0. The van der Waals surface area contributed by atoms with Crippen molar-refractivity contribution in [3.05, 3.63) is 41.3 Å². The van der Waals surface area contributed by atoms with Gasteiger partial charge in [-0.15, -0.1) is 0 Å². The molecule has 0 radical (unpaired) electrons. The highest BCUT2D eigenvalue weighted by atomic mass is 15.3. The third-order valence-corrected chi connectivity index (χ3v) is 2.88. The van der Waals surface area contributed by atoms with E-state index in [2.05, 4.69) is 23.9 Å². The van der Waals surface area contributed by atoms with E-state index in [9.17, 15) is 0 Å². The lowest BCUT2D eigenvalue weighted by Crippen LogP contribution is -2.03. The first kappa shape index (κ1) is 11.8. The van der Waals surface area contributed by atoms with Crippen molar-refractivity contribution in [1.29, 1.82) is 0 Å². The van der Waals surface area contributed by atoms with Gasteiger partial charge >= 0.3 is 0 Å². The van der Waals surface area contributed by atoms with E-state index in [1.165, 1.54) is 11.1 Å². The zero-order valence-electron chi connectivity index (χ0n) is 10.3. The average molecular weight is 230 g/mol. The van der Waals surface area contributed by atoms with Gasteiger partial charge in [0.05, 0.1) is 6.20 Å². The molecule has 0 atom stereocenters. The SMILES string of the molecule is Cc1ccnc(-n2ncc(CCCN)c2C)c1. The first-order valence-electron chi connectivity index (χ1n) is 5.89. The van der Waals surface area contributed by atoms with Crippen molar-refractivity contribution >= 4 is 0 Å². The third-order valence-electron chi connectivity index (χ3n) is 2.88. The van der Waals surface area contributed by atoms with E-state index in [0.29, 0.717) is 6.54 Å². The van der Waals surface area contributed by atoms with Crippen LogP contribution in [0.15, 0.2) is 24.5 Å². The van der Waals surface area contributed by atoms with Crippen molar-refractivity contribution in [2.75, 3.05) is 6.54 Å².